The van der Waals surface area contributed by atoms with Crippen LogP contribution < -0.4 is 10.5 Å². The third-order valence-electron chi connectivity index (χ3n) is 4.21. The first-order valence-electron chi connectivity index (χ1n) is 7.79. The zero-order valence-electron chi connectivity index (χ0n) is 13.1. The second-order valence-electron chi connectivity index (χ2n) is 5.87. The number of nitrogens with two attached hydrogens (primary N) is 1. The van der Waals surface area contributed by atoms with E-state index in [1.807, 2.05) is 18.2 Å². The average molecular weight is 312 g/mol. The van der Waals surface area contributed by atoms with Gasteiger partial charge in [-0.25, -0.2) is 4.79 Å². The number of carboxylic acids is 1. The number of rotatable bonds is 4. The first-order chi connectivity index (χ1) is 11.1. The number of ether oxygens (including phenoxy) is 1. The number of aromatic nitrogens is 1. The highest BCUT2D eigenvalue weighted by Gasteiger charge is 2.19. The number of aromatic carboxylic acids is 1. The van der Waals surface area contributed by atoms with Crippen LogP contribution in [0.2, 0.25) is 0 Å². The van der Waals surface area contributed by atoms with Crippen LogP contribution in [0.4, 0.5) is 5.69 Å². The molecular formula is C18H20N2O3. The fourth-order valence-corrected chi connectivity index (χ4v) is 3.05. The van der Waals surface area contributed by atoms with Crippen LogP contribution in [-0.2, 0) is 0 Å². The highest BCUT2D eigenvalue weighted by molar-refractivity contribution is 6.06. The van der Waals surface area contributed by atoms with Gasteiger partial charge < -0.3 is 15.6 Å². The van der Waals surface area contributed by atoms with Crippen LogP contribution in [0.15, 0.2) is 30.4 Å². The quantitative estimate of drug-likeness (QED) is 0.843. The van der Waals surface area contributed by atoms with E-state index in [2.05, 4.69) is 17.1 Å². The molecule has 0 amide bonds. The molecule has 1 unspecified atom stereocenters. The van der Waals surface area contributed by atoms with Gasteiger partial charge in [-0.05, 0) is 38.3 Å². The minimum atomic E-state index is -1.07. The summed E-state index contributed by atoms with van der Waals surface area (Å²) in [4.78, 5) is 15.8. The first kappa shape index (κ1) is 15.3. The number of hydrogen-bond donors (Lipinski definition) is 2. The van der Waals surface area contributed by atoms with E-state index in [1.165, 1.54) is 6.42 Å². The fourth-order valence-electron chi connectivity index (χ4n) is 3.05. The molecule has 1 aliphatic carbocycles. The Labute approximate surface area is 134 Å². The number of carboxylic acid groups (broad SMARTS) is 1. The van der Waals surface area contributed by atoms with E-state index in [1.54, 1.807) is 6.92 Å². The molecule has 0 fully saturated rings. The summed E-state index contributed by atoms with van der Waals surface area (Å²) in [6.07, 6.45) is 7.77. The molecule has 0 saturated heterocycles. The van der Waals surface area contributed by atoms with Gasteiger partial charge in [-0.2, -0.15) is 0 Å². The van der Waals surface area contributed by atoms with Crippen LogP contribution in [0.5, 0.6) is 5.75 Å². The second-order valence-corrected chi connectivity index (χ2v) is 5.87. The van der Waals surface area contributed by atoms with Crippen molar-refractivity contribution in [3.8, 4) is 5.75 Å². The van der Waals surface area contributed by atoms with Gasteiger partial charge in [0.15, 0.2) is 0 Å². The van der Waals surface area contributed by atoms with Crippen molar-refractivity contribution in [1.29, 1.82) is 0 Å². The third kappa shape index (κ3) is 2.99. The summed E-state index contributed by atoms with van der Waals surface area (Å²) in [6, 6.07) is 5.48. The Kier molecular flexibility index (Phi) is 4.19. The van der Waals surface area contributed by atoms with Gasteiger partial charge in [0.1, 0.15) is 11.3 Å². The number of hydrogen-bond acceptors (Lipinski definition) is 4. The van der Waals surface area contributed by atoms with E-state index >= 15 is 0 Å². The van der Waals surface area contributed by atoms with Gasteiger partial charge in [0.05, 0.1) is 28.9 Å². The molecule has 0 spiro atoms. The van der Waals surface area contributed by atoms with Gasteiger partial charge in [-0.1, -0.05) is 18.2 Å². The van der Waals surface area contributed by atoms with Gasteiger partial charge in [-0.3, -0.25) is 4.98 Å². The highest BCUT2D eigenvalue weighted by Crippen LogP contribution is 2.34. The monoisotopic (exact) mass is 312 g/mol. The largest absolute Gasteiger partial charge is 0.492 e. The molecule has 0 saturated carbocycles. The maximum absolute atomic E-state index is 11.4. The number of fused-ring (bicyclic) bond motifs is 1. The summed E-state index contributed by atoms with van der Waals surface area (Å²) < 4.78 is 5.95. The lowest BCUT2D eigenvalue weighted by atomic mass is 9.97. The van der Waals surface area contributed by atoms with Gasteiger partial charge >= 0.3 is 5.97 Å². The molecule has 2 aromatic rings. The molecule has 1 heterocycles. The average Bonchev–Trinajstić information content (AvgIpc) is 2.53. The lowest BCUT2D eigenvalue weighted by molar-refractivity contribution is 0.0697. The molecule has 120 valence electrons. The summed E-state index contributed by atoms with van der Waals surface area (Å²) in [7, 11) is 0. The van der Waals surface area contributed by atoms with E-state index in [4.69, 9.17) is 10.5 Å². The number of aryl methyl sites for hydroxylation is 1. The fraction of sp³-hybridized carbons (Fsp3) is 0.333. The van der Waals surface area contributed by atoms with Crippen LogP contribution in [0, 0.1) is 12.8 Å². The number of pyridine rings is 1. The van der Waals surface area contributed by atoms with E-state index in [-0.39, 0.29) is 11.3 Å². The predicted octanol–water partition coefficient (Wildman–Crippen LogP) is 3.56. The van der Waals surface area contributed by atoms with Crippen molar-refractivity contribution >= 4 is 22.6 Å². The minimum Gasteiger partial charge on any atom is -0.492 e. The van der Waals surface area contributed by atoms with Gasteiger partial charge in [-0.15, -0.1) is 0 Å². The van der Waals surface area contributed by atoms with E-state index < -0.39 is 5.97 Å². The van der Waals surface area contributed by atoms with Crippen LogP contribution in [0.1, 0.15) is 35.3 Å². The van der Waals surface area contributed by atoms with Crippen LogP contribution >= 0.6 is 0 Å². The van der Waals surface area contributed by atoms with Crippen molar-refractivity contribution in [3.63, 3.8) is 0 Å². The summed E-state index contributed by atoms with van der Waals surface area (Å²) >= 11 is 0. The molecule has 1 aromatic carbocycles. The zero-order valence-corrected chi connectivity index (χ0v) is 13.1. The lowest BCUT2D eigenvalue weighted by Gasteiger charge is -2.18. The Morgan fingerprint density at radius 2 is 2.30 bits per heavy atom. The molecule has 1 atom stereocenters. The molecule has 23 heavy (non-hydrogen) atoms. The van der Waals surface area contributed by atoms with Crippen molar-refractivity contribution in [2.24, 2.45) is 5.92 Å². The molecule has 3 rings (SSSR count). The predicted molar refractivity (Wildman–Crippen MR) is 89.8 cm³/mol. The molecular weight excluding hydrogens is 292 g/mol. The molecule has 1 aromatic heterocycles. The standard InChI is InChI=1S/C18H20N2O3/c1-11-15(18(21)22)17(19)16-13(20-11)8-5-9-14(16)23-10-12-6-3-2-4-7-12/h3,5-6,8-9,12H,2,4,7,10H2,1H3,(H2,19,20)(H,21,22). The highest BCUT2D eigenvalue weighted by atomic mass is 16.5. The van der Waals surface area contributed by atoms with Crippen molar-refractivity contribution in [3.05, 3.63) is 41.6 Å². The number of carbonyl (C=O) groups is 1. The van der Waals surface area contributed by atoms with Crippen molar-refractivity contribution in [1.82, 2.24) is 4.98 Å². The Balaban J connectivity index is 1.99. The van der Waals surface area contributed by atoms with Crippen molar-refractivity contribution in [2.45, 2.75) is 26.2 Å². The van der Waals surface area contributed by atoms with Crippen LogP contribution in [-0.4, -0.2) is 22.7 Å². The summed E-state index contributed by atoms with van der Waals surface area (Å²) in [5, 5.41) is 9.94. The summed E-state index contributed by atoms with van der Waals surface area (Å²) in [6.45, 7) is 2.21. The smallest absolute Gasteiger partial charge is 0.339 e. The normalized spacial score (nSPS) is 17.3. The Morgan fingerprint density at radius 1 is 1.48 bits per heavy atom. The molecule has 3 N–H and O–H groups in total. The SMILES string of the molecule is Cc1nc2cccc(OCC3C=CCCC3)c2c(N)c1C(=O)O. The van der Waals surface area contributed by atoms with Crippen LogP contribution in [0.3, 0.4) is 0 Å². The maximum Gasteiger partial charge on any atom is 0.339 e. The van der Waals surface area contributed by atoms with E-state index in [0.717, 1.165) is 12.8 Å². The van der Waals surface area contributed by atoms with Crippen molar-refractivity contribution in [2.75, 3.05) is 12.3 Å². The lowest BCUT2D eigenvalue weighted by Crippen LogP contribution is -2.13. The molecule has 1 aliphatic rings. The number of benzene rings is 1. The Morgan fingerprint density at radius 3 is 3.00 bits per heavy atom. The molecule has 0 bridgehead atoms. The summed E-state index contributed by atoms with van der Waals surface area (Å²) in [5.74, 6) is -0.0917. The van der Waals surface area contributed by atoms with Gasteiger partial charge in [0, 0.05) is 5.92 Å². The second kappa shape index (κ2) is 6.28. The van der Waals surface area contributed by atoms with E-state index in [0.29, 0.717) is 34.9 Å². The number of nitrogen functional groups attached to an aromatic ring is 1. The molecule has 0 aliphatic heterocycles. The van der Waals surface area contributed by atoms with Gasteiger partial charge in [0.25, 0.3) is 0 Å². The first-order valence-corrected chi connectivity index (χ1v) is 7.79. The molecule has 5 nitrogen and oxygen atoms in total. The van der Waals surface area contributed by atoms with Gasteiger partial charge in [0.2, 0.25) is 0 Å². The van der Waals surface area contributed by atoms with Crippen molar-refractivity contribution < 1.29 is 14.6 Å². The molecule has 5 heteroatoms. The van der Waals surface area contributed by atoms with E-state index in [9.17, 15) is 9.90 Å². The molecule has 0 radical (unpaired) electrons. The topological polar surface area (TPSA) is 85.4 Å². The number of allylic oxidation sites excluding steroid dienone is 1. The van der Waals surface area contributed by atoms with Crippen LogP contribution in [0.25, 0.3) is 10.9 Å². The minimum absolute atomic E-state index is 0.0473. The Hall–Kier alpha value is -2.56. The number of nitrogens with zero attached hydrogens (tertiary/aromatic N) is 1. The Bertz CT molecular complexity index is 783. The zero-order chi connectivity index (χ0) is 16.4. The number of anilines is 1. The summed E-state index contributed by atoms with van der Waals surface area (Å²) in [5.41, 5.74) is 7.45. The maximum atomic E-state index is 11.4. The third-order valence-corrected chi connectivity index (χ3v) is 4.21.